The third-order valence-corrected chi connectivity index (χ3v) is 2.91. The van der Waals surface area contributed by atoms with E-state index >= 15 is 0 Å². The Bertz CT molecular complexity index is 458. The normalized spacial score (nSPS) is 14.5. The molecule has 0 fully saturated rings. The molecule has 1 aliphatic heterocycles. The van der Waals surface area contributed by atoms with Crippen LogP contribution in [0.25, 0.3) is 0 Å². The van der Waals surface area contributed by atoms with E-state index in [4.69, 9.17) is 4.55 Å². The number of hydrogen-bond acceptors (Lipinski definition) is 4. The predicted octanol–water partition coefficient (Wildman–Crippen LogP) is 0.892. The number of hydrogen-bond donors (Lipinski definition) is 3. The van der Waals surface area contributed by atoms with Crippen molar-refractivity contribution in [2.24, 2.45) is 0 Å². The highest BCUT2D eigenvalue weighted by Gasteiger charge is 2.06. The summed E-state index contributed by atoms with van der Waals surface area (Å²) in [6, 6.07) is 5.99. The van der Waals surface area contributed by atoms with E-state index in [1.807, 2.05) is 19.2 Å². The van der Waals surface area contributed by atoms with Gasteiger partial charge in [0.1, 0.15) is 0 Å². The summed E-state index contributed by atoms with van der Waals surface area (Å²) in [7, 11) is -4.02. The molecule has 0 saturated heterocycles. The number of aryl methyl sites for hydroxylation is 1. The van der Waals surface area contributed by atoms with Gasteiger partial charge in [0, 0.05) is 6.54 Å². The molecule has 1 aromatic carbocycles. The Balaban J connectivity index is 0.000000202. The van der Waals surface area contributed by atoms with Crippen LogP contribution in [0.2, 0.25) is 0 Å². The van der Waals surface area contributed by atoms with E-state index in [2.05, 4.69) is 10.6 Å². The first kappa shape index (κ1) is 13.7. The van der Waals surface area contributed by atoms with E-state index in [1.165, 1.54) is 12.1 Å². The predicted molar refractivity (Wildman–Crippen MR) is 66.1 cm³/mol. The van der Waals surface area contributed by atoms with Crippen LogP contribution in [-0.4, -0.2) is 26.2 Å². The van der Waals surface area contributed by atoms with Crippen molar-refractivity contribution < 1.29 is 13.0 Å². The third-order valence-electron chi connectivity index (χ3n) is 2.04. The fourth-order valence-electron chi connectivity index (χ4n) is 1.14. The van der Waals surface area contributed by atoms with E-state index in [1.54, 1.807) is 12.1 Å². The molecule has 0 radical (unpaired) electrons. The summed E-state index contributed by atoms with van der Waals surface area (Å²) in [5.74, 6) is 0. The van der Waals surface area contributed by atoms with Gasteiger partial charge in [-0.2, -0.15) is 8.42 Å². The van der Waals surface area contributed by atoms with Gasteiger partial charge in [0.05, 0.1) is 11.6 Å². The first-order chi connectivity index (χ1) is 8.00. The maximum atomic E-state index is 10.5. The van der Waals surface area contributed by atoms with Crippen LogP contribution in [0.3, 0.4) is 0 Å². The van der Waals surface area contributed by atoms with Crippen molar-refractivity contribution >= 4 is 10.1 Å². The molecule has 94 valence electrons. The Hall–Kier alpha value is -1.37. The van der Waals surface area contributed by atoms with Gasteiger partial charge in [-0.3, -0.25) is 9.87 Å². The minimum Gasteiger partial charge on any atom is -0.379 e. The molecule has 0 amide bonds. The van der Waals surface area contributed by atoms with Gasteiger partial charge >= 0.3 is 0 Å². The lowest BCUT2D eigenvalue weighted by Crippen LogP contribution is -2.29. The topological polar surface area (TPSA) is 78.4 Å². The molecule has 1 heterocycles. The zero-order chi connectivity index (χ0) is 12.7. The third kappa shape index (κ3) is 5.48. The molecule has 0 bridgehead atoms. The van der Waals surface area contributed by atoms with Gasteiger partial charge in [0.25, 0.3) is 10.1 Å². The van der Waals surface area contributed by atoms with E-state index in [9.17, 15) is 8.42 Å². The molecule has 0 unspecified atom stereocenters. The van der Waals surface area contributed by atoms with Gasteiger partial charge < -0.3 is 5.32 Å². The molecule has 0 saturated carbocycles. The zero-order valence-corrected chi connectivity index (χ0v) is 10.4. The van der Waals surface area contributed by atoms with Crippen molar-refractivity contribution in [3.63, 3.8) is 0 Å². The largest absolute Gasteiger partial charge is 0.379 e. The van der Waals surface area contributed by atoms with E-state index in [-0.39, 0.29) is 4.90 Å². The summed E-state index contributed by atoms with van der Waals surface area (Å²) in [5, 5.41) is 6.08. The molecule has 17 heavy (non-hydrogen) atoms. The van der Waals surface area contributed by atoms with Crippen molar-refractivity contribution in [2.45, 2.75) is 11.8 Å². The van der Waals surface area contributed by atoms with Crippen molar-refractivity contribution in [1.29, 1.82) is 0 Å². The van der Waals surface area contributed by atoms with Crippen LogP contribution < -0.4 is 10.6 Å². The minimum absolute atomic E-state index is 0.0666. The summed E-state index contributed by atoms with van der Waals surface area (Å²) in [4.78, 5) is -0.0666. The molecule has 5 nitrogen and oxygen atoms in total. The second-order valence-electron chi connectivity index (χ2n) is 3.53. The van der Waals surface area contributed by atoms with Crippen LogP contribution in [0.15, 0.2) is 41.4 Å². The van der Waals surface area contributed by atoms with Crippen LogP contribution in [0, 0.1) is 6.92 Å². The summed E-state index contributed by atoms with van der Waals surface area (Å²) in [5.41, 5.74) is 0.956. The highest BCUT2D eigenvalue weighted by molar-refractivity contribution is 7.85. The Morgan fingerprint density at radius 1 is 1.24 bits per heavy atom. The van der Waals surface area contributed by atoms with Crippen LogP contribution in [-0.2, 0) is 10.1 Å². The molecule has 0 spiro atoms. The smallest absolute Gasteiger partial charge is 0.294 e. The van der Waals surface area contributed by atoms with Crippen molar-refractivity contribution in [2.75, 3.05) is 13.2 Å². The highest BCUT2D eigenvalue weighted by atomic mass is 32.2. The fourth-order valence-corrected chi connectivity index (χ4v) is 1.62. The molecule has 2 rings (SSSR count). The van der Waals surface area contributed by atoms with Crippen molar-refractivity contribution in [3.8, 4) is 0 Å². The number of benzene rings is 1. The van der Waals surface area contributed by atoms with Crippen LogP contribution >= 0.6 is 0 Å². The lowest BCUT2D eigenvalue weighted by Gasteiger charge is -2.05. The molecular weight excluding hydrogens is 240 g/mol. The summed E-state index contributed by atoms with van der Waals surface area (Å²) < 4.78 is 29.6. The maximum absolute atomic E-state index is 10.5. The van der Waals surface area contributed by atoms with Gasteiger partial charge in [-0.1, -0.05) is 23.8 Å². The van der Waals surface area contributed by atoms with Crippen LogP contribution in [0.1, 0.15) is 5.56 Å². The molecule has 3 N–H and O–H groups in total. The fraction of sp³-hybridized carbons (Fsp3) is 0.273. The van der Waals surface area contributed by atoms with Crippen LogP contribution in [0.4, 0.5) is 0 Å². The SMILES string of the molecule is C1=CNCNC1.Cc1ccc(S(=O)(=O)O)cc1. The van der Waals surface area contributed by atoms with Crippen molar-refractivity contribution in [3.05, 3.63) is 42.1 Å². The van der Waals surface area contributed by atoms with Gasteiger partial charge in [-0.15, -0.1) is 0 Å². The first-order valence-corrected chi connectivity index (χ1v) is 6.57. The monoisotopic (exact) mass is 256 g/mol. The average Bonchev–Trinajstić information content (AvgIpc) is 2.31. The van der Waals surface area contributed by atoms with Crippen molar-refractivity contribution in [1.82, 2.24) is 10.6 Å². The highest BCUT2D eigenvalue weighted by Crippen LogP contribution is 2.08. The van der Waals surface area contributed by atoms with Gasteiger partial charge in [0.15, 0.2) is 0 Å². The lowest BCUT2D eigenvalue weighted by atomic mass is 10.2. The quantitative estimate of drug-likeness (QED) is 0.650. The second kappa shape index (κ2) is 6.39. The first-order valence-electron chi connectivity index (χ1n) is 5.13. The van der Waals surface area contributed by atoms with Gasteiger partial charge in [-0.05, 0) is 25.3 Å². The number of rotatable bonds is 1. The molecule has 0 atom stereocenters. The molecule has 1 aliphatic rings. The second-order valence-corrected chi connectivity index (χ2v) is 4.95. The Morgan fingerprint density at radius 2 is 1.88 bits per heavy atom. The maximum Gasteiger partial charge on any atom is 0.294 e. The molecule has 0 aliphatic carbocycles. The summed E-state index contributed by atoms with van der Waals surface area (Å²) >= 11 is 0. The molecule has 0 aromatic heterocycles. The zero-order valence-electron chi connectivity index (χ0n) is 9.55. The minimum atomic E-state index is -4.02. The Labute approximate surface area is 101 Å². The summed E-state index contributed by atoms with van der Waals surface area (Å²) in [6.45, 7) is 3.76. The average molecular weight is 256 g/mol. The molecular formula is C11H16N2O3S. The van der Waals surface area contributed by atoms with Gasteiger partial charge in [0.2, 0.25) is 0 Å². The lowest BCUT2D eigenvalue weighted by molar-refractivity contribution is 0.483. The standard InChI is InChI=1S/C7H8O3S.C4H8N2/c1-6-2-4-7(5-3-6)11(8,9)10;1-2-5-4-6-3-1/h2-5H,1H3,(H,8,9,10);1-2,5-6H,3-4H2. The Morgan fingerprint density at radius 3 is 2.18 bits per heavy atom. The van der Waals surface area contributed by atoms with E-state index in [0.29, 0.717) is 0 Å². The molecule has 1 aromatic rings. The summed E-state index contributed by atoms with van der Waals surface area (Å²) in [6.07, 6.45) is 4.00. The Kier molecular flexibility index (Phi) is 5.14. The van der Waals surface area contributed by atoms with E-state index in [0.717, 1.165) is 18.8 Å². The van der Waals surface area contributed by atoms with E-state index < -0.39 is 10.1 Å². The number of nitrogens with one attached hydrogen (secondary N) is 2. The van der Waals surface area contributed by atoms with Crippen LogP contribution in [0.5, 0.6) is 0 Å². The molecule has 6 heteroatoms. The van der Waals surface area contributed by atoms with Gasteiger partial charge in [-0.25, -0.2) is 0 Å².